The summed E-state index contributed by atoms with van der Waals surface area (Å²) >= 11 is 1.82. The van der Waals surface area contributed by atoms with Crippen LogP contribution in [0, 0.1) is 0 Å². The van der Waals surface area contributed by atoms with Gasteiger partial charge in [0.2, 0.25) is 0 Å². The van der Waals surface area contributed by atoms with Crippen molar-refractivity contribution in [3.63, 3.8) is 0 Å². The van der Waals surface area contributed by atoms with Gasteiger partial charge in [0.1, 0.15) is 11.4 Å². The highest BCUT2D eigenvalue weighted by molar-refractivity contribution is 7.22. The van der Waals surface area contributed by atoms with E-state index in [2.05, 4.69) is 65.6 Å². The molecule has 128 valence electrons. The molecule has 0 saturated carbocycles. The molecule has 0 fully saturated rings. The van der Waals surface area contributed by atoms with Crippen molar-refractivity contribution in [1.29, 1.82) is 0 Å². The summed E-state index contributed by atoms with van der Waals surface area (Å²) in [5.74, 6) is 0.858. The summed E-state index contributed by atoms with van der Waals surface area (Å²) in [5, 5.41) is 2.39. The third-order valence-electron chi connectivity index (χ3n) is 4.92. The molecule has 27 heavy (non-hydrogen) atoms. The van der Waals surface area contributed by atoms with Crippen molar-refractivity contribution < 1.29 is 4.42 Å². The van der Waals surface area contributed by atoms with Crippen LogP contribution in [-0.4, -0.2) is 9.97 Å². The van der Waals surface area contributed by atoms with Crippen LogP contribution in [0.2, 0.25) is 0 Å². The zero-order valence-electron chi connectivity index (χ0n) is 14.3. The number of hydrogen-bond acceptors (Lipinski definition) is 3. The Morgan fingerprint density at radius 1 is 0.815 bits per heavy atom. The van der Waals surface area contributed by atoms with Crippen LogP contribution in [0.4, 0.5) is 0 Å². The second-order valence-electron chi connectivity index (χ2n) is 6.64. The molecule has 6 aromatic rings. The van der Waals surface area contributed by atoms with Crippen LogP contribution in [-0.2, 0) is 0 Å². The normalized spacial score (nSPS) is 11.7. The summed E-state index contributed by atoms with van der Waals surface area (Å²) in [4.78, 5) is 9.49. The number of imidazole rings is 1. The largest absolute Gasteiger partial charge is 0.464 e. The molecular formula is C23H14N2OS. The van der Waals surface area contributed by atoms with Gasteiger partial charge in [-0.25, -0.2) is 4.98 Å². The summed E-state index contributed by atoms with van der Waals surface area (Å²) in [7, 11) is 0. The molecule has 0 atom stereocenters. The first-order chi connectivity index (χ1) is 13.3. The van der Waals surface area contributed by atoms with E-state index in [0.29, 0.717) is 0 Å². The average molecular weight is 366 g/mol. The van der Waals surface area contributed by atoms with E-state index in [1.165, 1.54) is 20.5 Å². The van der Waals surface area contributed by atoms with Crippen LogP contribution >= 0.6 is 11.3 Å². The number of benzene rings is 3. The third kappa shape index (κ3) is 2.38. The summed E-state index contributed by atoms with van der Waals surface area (Å²) in [6.07, 6.45) is 1.71. The van der Waals surface area contributed by atoms with Crippen LogP contribution in [0.3, 0.4) is 0 Å². The SMILES string of the molecule is c1ccc2sc(-c3ccc4nc(-c5ccc6ccoc6c5)[nH]c4c3)cc2c1. The van der Waals surface area contributed by atoms with E-state index in [9.17, 15) is 0 Å². The quantitative estimate of drug-likeness (QED) is 0.364. The molecule has 0 amide bonds. The number of furan rings is 1. The second kappa shape index (κ2) is 5.56. The van der Waals surface area contributed by atoms with Crippen LogP contribution in [0.5, 0.6) is 0 Å². The second-order valence-corrected chi connectivity index (χ2v) is 7.72. The fraction of sp³-hybridized carbons (Fsp3) is 0. The number of rotatable bonds is 2. The van der Waals surface area contributed by atoms with E-state index in [4.69, 9.17) is 9.40 Å². The molecule has 0 radical (unpaired) electrons. The molecule has 0 aliphatic heterocycles. The van der Waals surface area contributed by atoms with Gasteiger partial charge in [-0.2, -0.15) is 0 Å². The van der Waals surface area contributed by atoms with Crippen molar-refractivity contribution >= 4 is 43.4 Å². The number of nitrogens with one attached hydrogen (secondary N) is 1. The van der Waals surface area contributed by atoms with E-state index in [-0.39, 0.29) is 0 Å². The van der Waals surface area contributed by atoms with E-state index in [1.807, 2.05) is 23.5 Å². The lowest BCUT2D eigenvalue weighted by Crippen LogP contribution is -1.79. The van der Waals surface area contributed by atoms with Gasteiger partial charge in [-0.15, -0.1) is 11.3 Å². The number of aromatic nitrogens is 2. The molecule has 0 aliphatic rings. The predicted molar refractivity (Wildman–Crippen MR) is 112 cm³/mol. The van der Waals surface area contributed by atoms with Crippen LogP contribution in [0.25, 0.3) is 53.9 Å². The molecule has 3 aromatic carbocycles. The van der Waals surface area contributed by atoms with Gasteiger partial charge in [0.15, 0.2) is 0 Å². The average Bonchev–Trinajstić information content (AvgIpc) is 3.42. The van der Waals surface area contributed by atoms with Gasteiger partial charge in [0, 0.05) is 20.5 Å². The standard InChI is InChI=1S/C23H14N2OS/c1-2-4-21-15(3-1)13-22(27-21)16-7-8-18-19(11-16)25-23(24-18)17-6-5-14-9-10-26-20(14)12-17/h1-13H,(H,24,25). The number of nitrogens with zero attached hydrogens (tertiary/aromatic N) is 1. The van der Waals surface area contributed by atoms with Crippen molar-refractivity contribution in [1.82, 2.24) is 9.97 Å². The van der Waals surface area contributed by atoms with Gasteiger partial charge in [0.05, 0.1) is 17.3 Å². The van der Waals surface area contributed by atoms with Gasteiger partial charge in [0.25, 0.3) is 0 Å². The maximum Gasteiger partial charge on any atom is 0.138 e. The maximum absolute atomic E-state index is 5.52. The Hall–Kier alpha value is -3.37. The lowest BCUT2D eigenvalue weighted by Gasteiger charge is -1.97. The molecule has 0 bridgehead atoms. The first-order valence-corrected chi connectivity index (χ1v) is 9.61. The first kappa shape index (κ1) is 14.8. The highest BCUT2D eigenvalue weighted by Crippen LogP contribution is 2.35. The maximum atomic E-state index is 5.52. The third-order valence-corrected chi connectivity index (χ3v) is 6.09. The molecule has 3 nitrogen and oxygen atoms in total. The molecule has 4 heteroatoms. The van der Waals surface area contributed by atoms with Crippen molar-refractivity contribution in [3.05, 3.63) is 79.1 Å². The summed E-state index contributed by atoms with van der Waals surface area (Å²) < 4.78 is 6.83. The number of fused-ring (bicyclic) bond motifs is 3. The highest BCUT2D eigenvalue weighted by Gasteiger charge is 2.10. The van der Waals surface area contributed by atoms with Crippen LogP contribution in [0.15, 0.2) is 83.5 Å². The Bertz CT molecular complexity index is 1400. The van der Waals surface area contributed by atoms with Gasteiger partial charge < -0.3 is 9.40 Å². The molecule has 3 heterocycles. The Morgan fingerprint density at radius 2 is 1.74 bits per heavy atom. The Kier molecular flexibility index (Phi) is 3.04. The smallest absolute Gasteiger partial charge is 0.138 e. The molecule has 0 unspecified atom stereocenters. The lowest BCUT2D eigenvalue weighted by atomic mass is 10.1. The number of hydrogen-bond donors (Lipinski definition) is 1. The number of thiophene rings is 1. The molecular weight excluding hydrogens is 352 g/mol. The summed E-state index contributed by atoms with van der Waals surface area (Å²) in [6.45, 7) is 0. The van der Waals surface area contributed by atoms with Gasteiger partial charge in [-0.3, -0.25) is 0 Å². The molecule has 6 rings (SSSR count). The predicted octanol–water partition coefficient (Wildman–Crippen LogP) is 6.86. The summed E-state index contributed by atoms with van der Waals surface area (Å²) in [5.41, 5.74) is 5.12. The summed E-state index contributed by atoms with van der Waals surface area (Å²) in [6, 6.07) is 25.3. The minimum Gasteiger partial charge on any atom is -0.464 e. The van der Waals surface area contributed by atoms with E-state index in [0.717, 1.165) is 33.4 Å². The van der Waals surface area contributed by atoms with Crippen molar-refractivity contribution in [2.75, 3.05) is 0 Å². The van der Waals surface area contributed by atoms with Gasteiger partial charge >= 0.3 is 0 Å². The van der Waals surface area contributed by atoms with Crippen molar-refractivity contribution in [2.45, 2.75) is 0 Å². The molecule has 3 aromatic heterocycles. The molecule has 0 aliphatic carbocycles. The first-order valence-electron chi connectivity index (χ1n) is 8.80. The highest BCUT2D eigenvalue weighted by atomic mass is 32.1. The zero-order chi connectivity index (χ0) is 17.8. The fourth-order valence-corrected chi connectivity index (χ4v) is 4.58. The van der Waals surface area contributed by atoms with Gasteiger partial charge in [-0.05, 0) is 47.3 Å². The topological polar surface area (TPSA) is 41.8 Å². The van der Waals surface area contributed by atoms with Crippen molar-refractivity contribution in [2.24, 2.45) is 0 Å². The Balaban J connectivity index is 1.46. The minimum absolute atomic E-state index is 0.858. The van der Waals surface area contributed by atoms with Crippen LogP contribution in [0.1, 0.15) is 0 Å². The number of aromatic amines is 1. The Labute approximate surface area is 158 Å². The van der Waals surface area contributed by atoms with E-state index in [1.54, 1.807) is 6.26 Å². The fourth-order valence-electron chi connectivity index (χ4n) is 3.53. The van der Waals surface area contributed by atoms with Crippen molar-refractivity contribution in [3.8, 4) is 21.8 Å². The van der Waals surface area contributed by atoms with E-state index >= 15 is 0 Å². The van der Waals surface area contributed by atoms with E-state index < -0.39 is 0 Å². The van der Waals surface area contributed by atoms with Crippen LogP contribution < -0.4 is 0 Å². The zero-order valence-corrected chi connectivity index (χ0v) is 15.1. The number of H-pyrrole nitrogens is 1. The molecule has 0 saturated heterocycles. The van der Waals surface area contributed by atoms with Gasteiger partial charge in [-0.1, -0.05) is 36.4 Å². The Morgan fingerprint density at radius 3 is 2.70 bits per heavy atom. The molecule has 1 N–H and O–H groups in total. The lowest BCUT2D eigenvalue weighted by molar-refractivity contribution is 0.616. The molecule has 0 spiro atoms. The monoisotopic (exact) mass is 366 g/mol. The minimum atomic E-state index is 0.858.